The Labute approximate surface area is 210 Å². The number of esters is 2. The first-order chi connectivity index (χ1) is 17.3. The van der Waals surface area contributed by atoms with Gasteiger partial charge in [-0.1, -0.05) is 13.2 Å². The molecular formula is C27H32O9. The molecule has 0 aliphatic carbocycles. The quantitative estimate of drug-likeness (QED) is 0.205. The Morgan fingerprint density at radius 1 is 0.667 bits per heavy atom. The average molecular weight is 501 g/mol. The van der Waals surface area contributed by atoms with Crippen LogP contribution in [-0.2, 0) is 19.1 Å². The fraction of sp³-hybridized carbons (Fsp3) is 0.296. The molecule has 0 aliphatic rings. The number of carbonyl (C=O) groups is 3. The Kier molecular flexibility index (Phi) is 15.0. The van der Waals surface area contributed by atoms with Gasteiger partial charge in [0.05, 0.1) is 32.0 Å². The fourth-order valence-electron chi connectivity index (χ4n) is 2.49. The van der Waals surface area contributed by atoms with Crippen LogP contribution in [-0.4, -0.2) is 54.5 Å². The Morgan fingerprint density at radius 2 is 1.06 bits per heavy atom. The van der Waals surface area contributed by atoms with Crippen molar-refractivity contribution >= 4 is 17.9 Å². The number of rotatable bonds is 15. The van der Waals surface area contributed by atoms with Crippen molar-refractivity contribution in [3.63, 3.8) is 0 Å². The molecule has 0 aromatic heterocycles. The second-order valence-electron chi connectivity index (χ2n) is 7.18. The lowest BCUT2D eigenvalue weighted by Gasteiger charge is -2.06. The van der Waals surface area contributed by atoms with Gasteiger partial charge in [0.25, 0.3) is 0 Å². The number of phenolic OH excluding ortho intramolecular Hbond substituents is 1. The molecular weight excluding hydrogens is 468 g/mol. The Balaban J connectivity index is 0.000000362. The van der Waals surface area contributed by atoms with E-state index in [-0.39, 0.29) is 11.3 Å². The van der Waals surface area contributed by atoms with Crippen molar-refractivity contribution in [2.24, 2.45) is 0 Å². The molecule has 2 rings (SSSR count). The van der Waals surface area contributed by atoms with Gasteiger partial charge in [-0.2, -0.15) is 0 Å². The molecule has 0 bridgehead atoms. The second kappa shape index (κ2) is 18.1. The molecule has 0 saturated carbocycles. The summed E-state index contributed by atoms with van der Waals surface area (Å²) in [6, 6.07) is 12.7. The highest BCUT2D eigenvalue weighted by molar-refractivity contribution is 5.87. The van der Waals surface area contributed by atoms with Crippen molar-refractivity contribution in [1.82, 2.24) is 0 Å². The number of aromatic hydroxyl groups is 1. The summed E-state index contributed by atoms with van der Waals surface area (Å²) in [5.41, 5.74) is 0.226. The van der Waals surface area contributed by atoms with Gasteiger partial charge in [-0.15, -0.1) is 0 Å². The summed E-state index contributed by atoms with van der Waals surface area (Å²) < 4.78 is 20.5. The molecule has 2 aromatic carbocycles. The third kappa shape index (κ3) is 14.1. The van der Waals surface area contributed by atoms with Gasteiger partial charge in [0.1, 0.15) is 17.2 Å². The molecule has 9 nitrogen and oxygen atoms in total. The van der Waals surface area contributed by atoms with Crippen LogP contribution in [0.25, 0.3) is 0 Å². The van der Waals surface area contributed by atoms with Crippen LogP contribution in [0.5, 0.6) is 17.2 Å². The van der Waals surface area contributed by atoms with E-state index in [0.29, 0.717) is 44.3 Å². The van der Waals surface area contributed by atoms with Gasteiger partial charge in [-0.05, 0) is 74.2 Å². The topological polar surface area (TPSA) is 129 Å². The van der Waals surface area contributed by atoms with Gasteiger partial charge in [-0.25, -0.2) is 14.4 Å². The lowest BCUT2D eigenvalue weighted by Crippen LogP contribution is -2.04. The summed E-state index contributed by atoms with van der Waals surface area (Å²) in [5, 5.41) is 17.8. The lowest BCUT2D eigenvalue weighted by atomic mass is 10.2. The van der Waals surface area contributed by atoms with Crippen LogP contribution < -0.4 is 9.47 Å². The number of aromatic carboxylic acids is 1. The first kappa shape index (κ1) is 29.8. The predicted octanol–water partition coefficient (Wildman–Crippen LogP) is 4.55. The zero-order chi connectivity index (χ0) is 26.6. The number of hydrogen-bond donors (Lipinski definition) is 2. The maximum absolute atomic E-state index is 10.7. The van der Waals surface area contributed by atoms with Gasteiger partial charge < -0.3 is 29.2 Å². The largest absolute Gasteiger partial charge is 0.508 e. The minimum absolute atomic E-state index is 0.216. The molecule has 0 radical (unpaired) electrons. The summed E-state index contributed by atoms with van der Waals surface area (Å²) in [4.78, 5) is 32.1. The standard InChI is InChI=1S/C14H16O5.C13H16O4/c1-2-13(15)19-10-4-3-9-18-12-7-5-11(6-8-12)14(16)17;1-2-13(15)17-10-4-3-9-16-12-7-5-11(14)6-8-12/h2,5-8H,1,3-4,9-10H2,(H,16,17);2,5-8,14H,1,3-4,9-10H2. The maximum atomic E-state index is 10.7. The molecule has 0 atom stereocenters. The highest BCUT2D eigenvalue weighted by Crippen LogP contribution is 2.16. The van der Waals surface area contributed by atoms with Gasteiger partial charge in [-0.3, -0.25) is 0 Å². The zero-order valence-electron chi connectivity index (χ0n) is 20.1. The van der Waals surface area contributed by atoms with E-state index in [0.717, 1.165) is 31.4 Å². The van der Waals surface area contributed by atoms with E-state index < -0.39 is 17.9 Å². The van der Waals surface area contributed by atoms with Crippen molar-refractivity contribution in [1.29, 1.82) is 0 Å². The normalized spacial score (nSPS) is 9.67. The van der Waals surface area contributed by atoms with E-state index in [9.17, 15) is 14.4 Å². The van der Waals surface area contributed by atoms with Crippen molar-refractivity contribution in [3.8, 4) is 17.2 Å². The zero-order valence-corrected chi connectivity index (χ0v) is 20.1. The molecule has 194 valence electrons. The molecule has 0 unspecified atom stereocenters. The monoisotopic (exact) mass is 500 g/mol. The number of unbranched alkanes of at least 4 members (excludes halogenated alkanes) is 2. The van der Waals surface area contributed by atoms with Gasteiger partial charge in [0.15, 0.2) is 0 Å². The Bertz CT molecular complexity index is 950. The summed E-state index contributed by atoms with van der Waals surface area (Å²) in [6.45, 7) is 8.35. The molecule has 0 amide bonds. The smallest absolute Gasteiger partial charge is 0.335 e. The highest BCUT2D eigenvalue weighted by atomic mass is 16.5. The molecule has 0 spiro atoms. The number of carboxylic acid groups (broad SMARTS) is 1. The van der Waals surface area contributed by atoms with E-state index in [2.05, 4.69) is 13.2 Å². The molecule has 9 heteroatoms. The first-order valence-electron chi connectivity index (χ1n) is 11.3. The summed E-state index contributed by atoms with van der Waals surface area (Å²) >= 11 is 0. The van der Waals surface area contributed by atoms with Crippen LogP contribution in [0.2, 0.25) is 0 Å². The molecule has 2 aromatic rings. The van der Waals surface area contributed by atoms with Crippen LogP contribution in [0.4, 0.5) is 0 Å². The number of hydrogen-bond acceptors (Lipinski definition) is 8. The first-order valence-corrected chi connectivity index (χ1v) is 11.3. The number of benzene rings is 2. The number of ether oxygens (including phenoxy) is 4. The number of carbonyl (C=O) groups excluding carboxylic acids is 2. The van der Waals surface area contributed by atoms with E-state index in [1.165, 1.54) is 12.1 Å². The lowest BCUT2D eigenvalue weighted by molar-refractivity contribution is -0.138. The minimum atomic E-state index is -0.962. The summed E-state index contributed by atoms with van der Waals surface area (Å²) in [5.74, 6) is -0.238. The van der Waals surface area contributed by atoms with Crippen LogP contribution in [0, 0.1) is 0 Å². The molecule has 0 saturated heterocycles. The summed E-state index contributed by atoms with van der Waals surface area (Å²) in [7, 11) is 0. The van der Waals surface area contributed by atoms with Gasteiger partial charge in [0, 0.05) is 12.2 Å². The molecule has 36 heavy (non-hydrogen) atoms. The van der Waals surface area contributed by atoms with Gasteiger partial charge in [0.2, 0.25) is 0 Å². The van der Waals surface area contributed by atoms with Crippen LogP contribution in [0.1, 0.15) is 36.0 Å². The van der Waals surface area contributed by atoms with E-state index in [4.69, 9.17) is 29.2 Å². The SMILES string of the molecule is C=CC(=O)OCCCCOc1ccc(C(=O)O)cc1.C=CC(=O)OCCCCOc1ccc(O)cc1. The molecule has 0 aliphatic heterocycles. The Hall–Kier alpha value is -4.27. The number of phenols is 1. The molecule has 0 fully saturated rings. The second-order valence-corrected chi connectivity index (χ2v) is 7.18. The summed E-state index contributed by atoms with van der Waals surface area (Å²) in [6.07, 6.45) is 5.26. The molecule has 0 heterocycles. The van der Waals surface area contributed by atoms with Crippen molar-refractivity contribution < 1.29 is 43.5 Å². The highest BCUT2D eigenvalue weighted by Gasteiger charge is 2.02. The van der Waals surface area contributed by atoms with Crippen LogP contribution in [0.3, 0.4) is 0 Å². The number of carboxylic acids is 1. The van der Waals surface area contributed by atoms with Crippen LogP contribution in [0.15, 0.2) is 73.8 Å². The van der Waals surface area contributed by atoms with Crippen molar-refractivity contribution in [3.05, 3.63) is 79.4 Å². The average Bonchev–Trinajstić information content (AvgIpc) is 2.89. The maximum Gasteiger partial charge on any atom is 0.335 e. The van der Waals surface area contributed by atoms with Crippen LogP contribution >= 0.6 is 0 Å². The van der Waals surface area contributed by atoms with Crippen molar-refractivity contribution in [2.75, 3.05) is 26.4 Å². The third-order valence-corrected chi connectivity index (χ3v) is 4.37. The van der Waals surface area contributed by atoms with E-state index in [1.807, 2.05) is 0 Å². The van der Waals surface area contributed by atoms with E-state index in [1.54, 1.807) is 36.4 Å². The van der Waals surface area contributed by atoms with Crippen molar-refractivity contribution in [2.45, 2.75) is 25.7 Å². The third-order valence-electron chi connectivity index (χ3n) is 4.37. The molecule has 2 N–H and O–H groups in total. The van der Waals surface area contributed by atoms with Gasteiger partial charge >= 0.3 is 17.9 Å². The predicted molar refractivity (Wildman–Crippen MR) is 133 cm³/mol. The minimum Gasteiger partial charge on any atom is -0.508 e. The fourth-order valence-corrected chi connectivity index (χ4v) is 2.49. The van der Waals surface area contributed by atoms with E-state index >= 15 is 0 Å². The Morgan fingerprint density at radius 3 is 1.44 bits per heavy atom.